The van der Waals surface area contributed by atoms with Crippen molar-refractivity contribution in [1.29, 1.82) is 0 Å². The third-order valence-electron chi connectivity index (χ3n) is 5.38. The number of hydrogen-bond donors (Lipinski definition) is 1. The molecule has 138 valence electrons. The van der Waals surface area contributed by atoms with E-state index < -0.39 is 0 Å². The molecular formula is C19H32Cl2N2O. The standard InChI is InChI=1S/C19H30N2O.2ClH/c1-14(2)16-7-8-18(22-3)17(13-16)19(15-5-4-6-15)21-11-9-20-10-12-21;;/h7-8,13-15,19-20H,4-6,9-12H2,1-3H3;2*1H/t19-;;/m0../s1. The van der Waals surface area contributed by atoms with Crippen molar-refractivity contribution in [1.82, 2.24) is 10.2 Å². The van der Waals surface area contributed by atoms with E-state index in [-0.39, 0.29) is 24.8 Å². The van der Waals surface area contributed by atoms with Crippen LogP contribution in [0.2, 0.25) is 0 Å². The van der Waals surface area contributed by atoms with Gasteiger partial charge in [0.05, 0.1) is 7.11 Å². The van der Waals surface area contributed by atoms with Gasteiger partial charge in [0.25, 0.3) is 0 Å². The first-order valence-electron chi connectivity index (χ1n) is 8.83. The quantitative estimate of drug-likeness (QED) is 0.825. The molecule has 1 aliphatic heterocycles. The summed E-state index contributed by atoms with van der Waals surface area (Å²) in [6, 6.07) is 7.35. The van der Waals surface area contributed by atoms with Crippen LogP contribution in [0.1, 0.15) is 56.2 Å². The second-order valence-electron chi connectivity index (χ2n) is 7.08. The summed E-state index contributed by atoms with van der Waals surface area (Å²) in [7, 11) is 1.81. The highest BCUT2D eigenvalue weighted by Crippen LogP contribution is 2.44. The number of hydrogen-bond acceptors (Lipinski definition) is 3. The number of rotatable bonds is 5. The molecule has 1 saturated heterocycles. The molecule has 0 amide bonds. The lowest BCUT2D eigenvalue weighted by Crippen LogP contribution is -2.48. The highest BCUT2D eigenvalue weighted by atomic mass is 35.5. The van der Waals surface area contributed by atoms with Gasteiger partial charge in [-0.3, -0.25) is 4.90 Å². The van der Waals surface area contributed by atoms with Crippen LogP contribution in [0.25, 0.3) is 0 Å². The summed E-state index contributed by atoms with van der Waals surface area (Å²) in [5.41, 5.74) is 2.84. The molecule has 2 aliphatic rings. The lowest BCUT2D eigenvalue weighted by molar-refractivity contribution is 0.0818. The molecule has 1 heterocycles. The fourth-order valence-corrected chi connectivity index (χ4v) is 3.81. The van der Waals surface area contributed by atoms with E-state index in [1.165, 1.54) is 30.4 Å². The smallest absolute Gasteiger partial charge is 0.123 e. The number of nitrogens with zero attached hydrogens (tertiary/aromatic N) is 1. The van der Waals surface area contributed by atoms with Crippen molar-refractivity contribution in [2.75, 3.05) is 33.3 Å². The molecule has 1 aliphatic carbocycles. The minimum absolute atomic E-state index is 0. The van der Waals surface area contributed by atoms with E-state index >= 15 is 0 Å². The molecule has 5 heteroatoms. The van der Waals surface area contributed by atoms with Gasteiger partial charge in [0.2, 0.25) is 0 Å². The Bertz CT molecular complexity index is 500. The van der Waals surface area contributed by atoms with Gasteiger partial charge in [-0.15, -0.1) is 24.8 Å². The summed E-state index contributed by atoms with van der Waals surface area (Å²) in [6.07, 6.45) is 4.12. The maximum atomic E-state index is 5.73. The van der Waals surface area contributed by atoms with Crippen molar-refractivity contribution in [3.05, 3.63) is 29.3 Å². The molecule has 2 fully saturated rings. The molecule has 0 bridgehead atoms. The maximum absolute atomic E-state index is 5.73. The fourth-order valence-electron chi connectivity index (χ4n) is 3.81. The molecule has 0 spiro atoms. The highest BCUT2D eigenvalue weighted by molar-refractivity contribution is 5.85. The fraction of sp³-hybridized carbons (Fsp3) is 0.684. The Morgan fingerprint density at radius 2 is 1.79 bits per heavy atom. The highest BCUT2D eigenvalue weighted by Gasteiger charge is 2.35. The van der Waals surface area contributed by atoms with Crippen molar-refractivity contribution in [3.8, 4) is 5.75 Å². The van der Waals surface area contributed by atoms with Crippen molar-refractivity contribution in [3.63, 3.8) is 0 Å². The summed E-state index contributed by atoms with van der Waals surface area (Å²) in [6.45, 7) is 9.06. The number of nitrogens with one attached hydrogen (secondary N) is 1. The first-order valence-corrected chi connectivity index (χ1v) is 8.83. The van der Waals surface area contributed by atoms with Gasteiger partial charge in [-0.25, -0.2) is 0 Å². The lowest BCUT2D eigenvalue weighted by atomic mass is 9.75. The van der Waals surface area contributed by atoms with E-state index in [1.54, 1.807) is 0 Å². The third kappa shape index (κ3) is 4.57. The summed E-state index contributed by atoms with van der Waals surface area (Å²) < 4.78 is 5.73. The molecule has 24 heavy (non-hydrogen) atoms. The maximum Gasteiger partial charge on any atom is 0.123 e. The Hall–Kier alpha value is -0.480. The number of halogens is 2. The van der Waals surface area contributed by atoms with Crippen LogP contribution in [-0.4, -0.2) is 38.2 Å². The van der Waals surface area contributed by atoms with Crippen LogP contribution >= 0.6 is 24.8 Å². The lowest BCUT2D eigenvalue weighted by Gasteiger charge is -2.43. The molecule has 1 N–H and O–H groups in total. The molecular weight excluding hydrogens is 343 g/mol. The van der Waals surface area contributed by atoms with Crippen molar-refractivity contribution < 1.29 is 4.74 Å². The first-order chi connectivity index (χ1) is 10.7. The summed E-state index contributed by atoms with van der Waals surface area (Å²) >= 11 is 0. The predicted molar refractivity (Wildman–Crippen MR) is 106 cm³/mol. The SMILES string of the molecule is COc1ccc(C(C)C)cc1[C@H](C1CCC1)N1CCNCC1.Cl.Cl. The molecule has 3 rings (SSSR count). The molecule has 1 atom stereocenters. The molecule has 1 saturated carbocycles. The number of piperazine rings is 1. The summed E-state index contributed by atoms with van der Waals surface area (Å²) in [4.78, 5) is 2.68. The van der Waals surface area contributed by atoms with Gasteiger partial charge in [-0.1, -0.05) is 32.4 Å². The normalized spacial score (nSPS) is 19.8. The van der Waals surface area contributed by atoms with E-state index in [9.17, 15) is 0 Å². The van der Waals surface area contributed by atoms with Crippen LogP contribution in [0.4, 0.5) is 0 Å². The summed E-state index contributed by atoms with van der Waals surface area (Å²) in [5, 5.41) is 3.48. The zero-order valence-electron chi connectivity index (χ0n) is 15.1. The van der Waals surface area contributed by atoms with Crippen molar-refractivity contribution >= 4 is 24.8 Å². The van der Waals surface area contributed by atoms with Crippen LogP contribution in [0, 0.1) is 5.92 Å². The average Bonchev–Trinajstić information content (AvgIpc) is 2.51. The topological polar surface area (TPSA) is 24.5 Å². The van der Waals surface area contributed by atoms with E-state index in [0.717, 1.165) is 37.8 Å². The third-order valence-corrected chi connectivity index (χ3v) is 5.38. The Morgan fingerprint density at radius 3 is 2.29 bits per heavy atom. The van der Waals surface area contributed by atoms with Crippen LogP contribution in [0.3, 0.4) is 0 Å². The Kier molecular flexibility index (Phi) is 8.86. The second kappa shape index (κ2) is 9.86. The number of ether oxygens (including phenoxy) is 1. The minimum atomic E-state index is 0. The zero-order valence-corrected chi connectivity index (χ0v) is 16.7. The van der Waals surface area contributed by atoms with Gasteiger partial charge < -0.3 is 10.1 Å². The predicted octanol–water partition coefficient (Wildman–Crippen LogP) is 4.41. The Morgan fingerprint density at radius 1 is 1.12 bits per heavy atom. The molecule has 3 nitrogen and oxygen atoms in total. The second-order valence-corrected chi connectivity index (χ2v) is 7.08. The summed E-state index contributed by atoms with van der Waals surface area (Å²) in [5.74, 6) is 2.43. The van der Waals surface area contributed by atoms with Gasteiger partial charge in [0.15, 0.2) is 0 Å². The molecule has 0 aromatic heterocycles. The average molecular weight is 375 g/mol. The molecule has 1 aromatic carbocycles. The number of methoxy groups -OCH3 is 1. The zero-order chi connectivity index (χ0) is 15.5. The molecule has 0 unspecified atom stereocenters. The van der Waals surface area contributed by atoms with E-state index in [1.807, 2.05) is 7.11 Å². The van der Waals surface area contributed by atoms with Crippen LogP contribution in [0.15, 0.2) is 18.2 Å². The van der Waals surface area contributed by atoms with Crippen LogP contribution in [0.5, 0.6) is 5.75 Å². The van der Waals surface area contributed by atoms with Gasteiger partial charge in [0.1, 0.15) is 5.75 Å². The first kappa shape index (κ1) is 21.6. The Labute approximate surface area is 159 Å². The van der Waals surface area contributed by atoms with Crippen LogP contribution < -0.4 is 10.1 Å². The minimum Gasteiger partial charge on any atom is -0.496 e. The monoisotopic (exact) mass is 374 g/mol. The van der Waals surface area contributed by atoms with E-state index in [2.05, 4.69) is 42.3 Å². The number of benzene rings is 1. The van der Waals surface area contributed by atoms with Crippen molar-refractivity contribution in [2.45, 2.75) is 45.1 Å². The van der Waals surface area contributed by atoms with E-state index in [0.29, 0.717) is 12.0 Å². The largest absolute Gasteiger partial charge is 0.496 e. The van der Waals surface area contributed by atoms with Gasteiger partial charge in [-0.2, -0.15) is 0 Å². The van der Waals surface area contributed by atoms with Crippen LogP contribution in [-0.2, 0) is 0 Å². The molecule has 0 radical (unpaired) electrons. The van der Waals surface area contributed by atoms with Gasteiger partial charge in [-0.05, 0) is 36.3 Å². The Balaban J connectivity index is 0.00000144. The molecule has 1 aromatic rings. The van der Waals surface area contributed by atoms with Gasteiger partial charge >= 0.3 is 0 Å². The van der Waals surface area contributed by atoms with Crippen molar-refractivity contribution in [2.24, 2.45) is 5.92 Å². The van der Waals surface area contributed by atoms with Gasteiger partial charge in [0, 0.05) is 37.8 Å². The van der Waals surface area contributed by atoms with E-state index in [4.69, 9.17) is 4.74 Å².